The molecule has 0 radical (unpaired) electrons. The van der Waals surface area contributed by atoms with Crippen molar-refractivity contribution in [3.63, 3.8) is 0 Å². The molecule has 3 N–H and O–H groups in total. The lowest BCUT2D eigenvalue weighted by molar-refractivity contribution is -0.153. The van der Waals surface area contributed by atoms with Crippen LogP contribution in [0.3, 0.4) is 0 Å². The Labute approximate surface area is 212 Å². The number of carbonyl (C=O) groups excluding carboxylic acids is 4. The molecule has 194 valence electrons. The number of carboxylic acids is 1. The van der Waals surface area contributed by atoms with E-state index >= 15 is 0 Å². The zero-order valence-corrected chi connectivity index (χ0v) is 20.3. The minimum atomic E-state index is -1.46. The average Bonchev–Trinajstić information content (AvgIpc) is 3.29. The maximum Gasteiger partial charge on any atom is 0.526 e. The number of aryl methyl sites for hydroxylation is 1. The number of nitrogens with one attached hydrogen (secondary N) is 1. The Morgan fingerprint density at radius 1 is 1.24 bits per heavy atom. The molecule has 1 unspecified atom stereocenters. The van der Waals surface area contributed by atoms with E-state index in [2.05, 4.69) is 10.4 Å². The summed E-state index contributed by atoms with van der Waals surface area (Å²) in [7, 11) is 0.179. The number of para-hydroxylation sites is 1. The molecule has 0 bridgehead atoms. The summed E-state index contributed by atoms with van der Waals surface area (Å²) in [4.78, 5) is 64.7. The molecule has 1 fully saturated rings. The minimum Gasteiger partial charge on any atom is -0.535 e. The number of piperazine rings is 1. The summed E-state index contributed by atoms with van der Waals surface area (Å²) in [5.74, 6) is -4.14. The molecule has 2 aliphatic rings. The fraction of sp³-hybridized carbons (Fsp3) is 0.391. The van der Waals surface area contributed by atoms with Gasteiger partial charge in [-0.1, -0.05) is 12.1 Å². The zero-order chi connectivity index (χ0) is 26.9. The Morgan fingerprint density at radius 3 is 2.65 bits per heavy atom. The zero-order valence-electron chi connectivity index (χ0n) is 20.3. The van der Waals surface area contributed by atoms with Crippen LogP contribution in [0.15, 0.2) is 30.6 Å². The van der Waals surface area contributed by atoms with Crippen molar-refractivity contribution < 1.29 is 38.8 Å². The Balaban J connectivity index is 1.52. The summed E-state index contributed by atoms with van der Waals surface area (Å²) in [6.07, 6.45) is 2.87. The Hall–Kier alpha value is -4.20. The smallest absolute Gasteiger partial charge is 0.526 e. The van der Waals surface area contributed by atoms with Crippen molar-refractivity contribution >= 4 is 36.7 Å². The molecule has 3 heterocycles. The number of rotatable bonds is 7. The van der Waals surface area contributed by atoms with Crippen LogP contribution in [-0.2, 0) is 27.9 Å². The number of aromatic carboxylic acids is 1. The predicted octanol–water partition coefficient (Wildman–Crippen LogP) is 0.00470. The summed E-state index contributed by atoms with van der Waals surface area (Å²) in [6, 6.07) is 2.46. The van der Waals surface area contributed by atoms with Gasteiger partial charge in [0.1, 0.15) is 11.8 Å². The number of urea groups is 1. The van der Waals surface area contributed by atoms with Gasteiger partial charge in [0, 0.05) is 50.7 Å². The van der Waals surface area contributed by atoms with Gasteiger partial charge in [-0.25, -0.2) is 9.59 Å². The summed E-state index contributed by atoms with van der Waals surface area (Å²) in [5.41, 5.74) is 0.790. The summed E-state index contributed by atoms with van der Waals surface area (Å²) >= 11 is 0. The molecule has 1 aromatic heterocycles. The maximum atomic E-state index is 13.4. The van der Waals surface area contributed by atoms with E-state index in [1.165, 1.54) is 28.0 Å². The fourth-order valence-corrected chi connectivity index (χ4v) is 4.51. The number of Topliss-reactive ketones (excluding diaryl/α,β-unsaturated/α-hetero) is 1. The molecule has 37 heavy (non-hydrogen) atoms. The number of benzene rings is 1. The standard InChI is InChI=1S/C23H26BN5O8/c1-3-28-7-8-29(21(32)20(28)31)23(35)26-18(14-11-25-27(2)12-14)17(30)10-15-9-13-5-4-6-16(22(33)34)19(13)37-24(15)36/h4-6,11-12,15,18,36H,3,7-10H2,1-2H3,(H,26,35)(H,33,34)/t15-,18?/m1/s1. The molecule has 0 aliphatic carbocycles. The monoisotopic (exact) mass is 511 g/mol. The molecule has 13 nitrogen and oxygen atoms in total. The van der Waals surface area contributed by atoms with Crippen LogP contribution in [0, 0.1) is 0 Å². The first-order chi connectivity index (χ1) is 17.6. The molecule has 14 heteroatoms. The van der Waals surface area contributed by atoms with E-state index in [0.717, 1.165) is 4.90 Å². The molecule has 0 spiro atoms. The molecule has 1 saturated heterocycles. The van der Waals surface area contributed by atoms with E-state index in [0.29, 0.717) is 17.7 Å². The quantitative estimate of drug-likeness (QED) is 0.342. The van der Waals surface area contributed by atoms with Crippen molar-refractivity contribution in [2.24, 2.45) is 7.05 Å². The van der Waals surface area contributed by atoms with Crippen LogP contribution >= 0.6 is 0 Å². The van der Waals surface area contributed by atoms with E-state index in [9.17, 15) is 34.1 Å². The predicted molar refractivity (Wildman–Crippen MR) is 128 cm³/mol. The van der Waals surface area contributed by atoms with Gasteiger partial charge < -0.3 is 25.0 Å². The number of aromatic nitrogens is 2. The summed E-state index contributed by atoms with van der Waals surface area (Å²) < 4.78 is 6.92. The van der Waals surface area contributed by atoms with Crippen molar-refractivity contribution in [1.82, 2.24) is 24.9 Å². The SMILES string of the molecule is CCN1CCN(C(=O)NC(C(=O)C[C@H]2Cc3cccc(C(=O)O)c3OB2O)c2cnn(C)c2)C(=O)C1=O. The van der Waals surface area contributed by atoms with Crippen LogP contribution in [0.5, 0.6) is 5.75 Å². The van der Waals surface area contributed by atoms with Gasteiger partial charge in [-0.2, -0.15) is 5.10 Å². The largest absolute Gasteiger partial charge is 0.535 e. The number of ketones is 1. The maximum absolute atomic E-state index is 13.4. The van der Waals surface area contributed by atoms with Crippen molar-refractivity contribution in [3.05, 3.63) is 47.3 Å². The highest BCUT2D eigenvalue weighted by atomic mass is 16.5. The van der Waals surface area contributed by atoms with E-state index in [-0.39, 0.29) is 37.2 Å². The molecule has 4 amide bonds. The highest BCUT2D eigenvalue weighted by Gasteiger charge is 2.41. The second-order valence-corrected chi connectivity index (χ2v) is 8.91. The van der Waals surface area contributed by atoms with Crippen LogP contribution in [0.2, 0.25) is 5.82 Å². The summed E-state index contributed by atoms with van der Waals surface area (Å²) in [6.45, 7) is 2.22. The first-order valence-corrected chi connectivity index (χ1v) is 11.7. The van der Waals surface area contributed by atoms with Crippen molar-refractivity contribution in [2.45, 2.75) is 31.6 Å². The Morgan fingerprint density at radius 2 is 2.00 bits per heavy atom. The highest BCUT2D eigenvalue weighted by molar-refractivity contribution is 6.47. The van der Waals surface area contributed by atoms with Crippen LogP contribution in [0.4, 0.5) is 4.79 Å². The van der Waals surface area contributed by atoms with E-state index < -0.39 is 48.6 Å². The Kier molecular flexibility index (Phi) is 7.29. The van der Waals surface area contributed by atoms with Crippen LogP contribution in [0.25, 0.3) is 0 Å². The van der Waals surface area contributed by atoms with Crippen LogP contribution in [0.1, 0.15) is 40.9 Å². The van der Waals surface area contributed by atoms with Gasteiger partial charge in [-0.3, -0.25) is 24.0 Å². The number of hydrogen-bond acceptors (Lipinski definition) is 8. The van der Waals surface area contributed by atoms with Gasteiger partial charge in [-0.05, 0) is 25.0 Å². The van der Waals surface area contributed by atoms with Gasteiger partial charge in [0.2, 0.25) is 0 Å². The molecule has 2 aliphatic heterocycles. The third-order valence-corrected chi connectivity index (χ3v) is 6.50. The van der Waals surface area contributed by atoms with Crippen molar-refractivity contribution in [2.75, 3.05) is 19.6 Å². The first kappa shape index (κ1) is 25.9. The van der Waals surface area contributed by atoms with Gasteiger partial charge >= 0.3 is 30.9 Å². The highest BCUT2D eigenvalue weighted by Crippen LogP contribution is 2.37. The molecule has 0 saturated carbocycles. The summed E-state index contributed by atoms with van der Waals surface area (Å²) in [5, 5.41) is 26.5. The van der Waals surface area contributed by atoms with Gasteiger partial charge in [0.25, 0.3) is 0 Å². The lowest BCUT2D eigenvalue weighted by Crippen LogP contribution is -2.58. The number of imide groups is 1. The number of amides is 4. The number of nitrogens with zero attached hydrogens (tertiary/aromatic N) is 4. The molecular formula is C23H26BN5O8. The van der Waals surface area contributed by atoms with E-state index in [1.807, 2.05) is 0 Å². The third kappa shape index (κ3) is 5.19. The van der Waals surface area contributed by atoms with Crippen molar-refractivity contribution in [3.8, 4) is 5.75 Å². The number of likely N-dealkylation sites (N-methyl/N-ethyl adjacent to an activating group) is 1. The molecule has 2 atom stereocenters. The number of carboxylic acid groups (broad SMARTS) is 1. The number of fused-ring (bicyclic) bond motifs is 1. The second kappa shape index (κ2) is 10.4. The average molecular weight is 511 g/mol. The lowest BCUT2D eigenvalue weighted by Gasteiger charge is -2.33. The van der Waals surface area contributed by atoms with Crippen LogP contribution < -0.4 is 9.97 Å². The van der Waals surface area contributed by atoms with Gasteiger partial charge in [0.15, 0.2) is 5.78 Å². The molecular weight excluding hydrogens is 485 g/mol. The van der Waals surface area contributed by atoms with Crippen molar-refractivity contribution in [1.29, 1.82) is 0 Å². The normalized spacial score (nSPS) is 18.2. The molecule has 1 aromatic carbocycles. The van der Waals surface area contributed by atoms with E-state index in [1.54, 1.807) is 26.1 Å². The van der Waals surface area contributed by atoms with Crippen LogP contribution in [-0.4, -0.2) is 86.1 Å². The molecule has 2 aromatic rings. The number of carbonyl (C=O) groups is 5. The topological polar surface area (TPSA) is 171 Å². The minimum absolute atomic E-state index is 0.0178. The van der Waals surface area contributed by atoms with E-state index in [4.69, 9.17) is 4.65 Å². The van der Waals surface area contributed by atoms with Gasteiger partial charge in [-0.15, -0.1) is 0 Å². The Bertz CT molecular complexity index is 1260. The fourth-order valence-electron chi connectivity index (χ4n) is 4.51. The second-order valence-electron chi connectivity index (χ2n) is 8.91. The lowest BCUT2D eigenvalue weighted by atomic mass is 9.64. The van der Waals surface area contributed by atoms with Gasteiger partial charge in [0.05, 0.1) is 11.8 Å². The third-order valence-electron chi connectivity index (χ3n) is 6.50. The number of hydrogen-bond donors (Lipinski definition) is 3. The first-order valence-electron chi connectivity index (χ1n) is 11.7. The molecule has 4 rings (SSSR count).